The number of methoxy groups -OCH3 is 1. The van der Waals surface area contributed by atoms with Gasteiger partial charge in [-0.25, -0.2) is 13.2 Å². The molecule has 0 N–H and O–H groups in total. The topological polar surface area (TPSA) is 124 Å². The highest BCUT2D eigenvalue weighted by Gasteiger charge is 2.25. The van der Waals surface area contributed by atoms with E-state index in [2.05, 4.69) is 4.99 Å². The third kappa shape index (κ3) is 7.45. The summed E-state index contributed by atoms with van der Waals surface area (Å²) in [5, 5.41) is 0. The number of thiazole rings is 1. The van der Waals surface area contributed by atoms with Gasteiger partial charge in [0.05, 0.1) is 29.0 Å². The summed E-state index contributed by atoms with van der Waals surface area (Å²) >= 11 is 1.16. The summed E-state index contributed by atoms with van der Waals surface area (Å²) in [5.74, 6) is -3.33. The van der Waals surface area contributed by atoms with Gasteiger partial charge in [-0.05, 0) is 38.0 Å². The number of amides is 2. The molecule has 10 nitrogen and oxygen atoms in total. The van der Waals surface area contributed by atoms with Gasteiger partial charge >= 0.3 is 5.97 Å². The Morgan fingerprint density at radius 2 is 1.80 bits per heavy atom. The summed E-state index contributed by atoms with van der Waals surface area (Å²) in [6, 6.07) is 5.01. The quantitative estimate of drug-likeness (QED) is 0.457. The lowest BCUT2D eigenvalue weighted by molar-refractivity contribution is -0.128. The summed E-state index contributed by atoms with van der Waals surface area (Å²) in [4.78, 5) is 43.1. The minimum Gasteiger partial charge on any atom is -0.462 e. The first kappa shape index (κ1) is 27.0. The van der Waals surface area contributed by atoms with Crippen molar-refractivity contribution < 1.29 is 32.3 Å². The van der Waals surface area contributed by atoms with Crippen LogP contribution in [0.1, 0.15) is 43.0 Å². The van der Waals surface area contributed by atoms with Crippen LogP contribution in [0.5, 0.6) is 0 Å². The van der Waals surface area contributed by atoms with Crippen molar-refractivity contribution in [2.24, 2.45) is 4.99 Å². The van der Waals surface area contributed by atoms with E-state index in [1.165, 1.54) is 0 Å². The van der Waals surface area contributed by atoms with Crippen LogP contribution >= 0.6 is 11.3 Å². The smallest absolute Gasteiger partial charge is 0.338 e. The average molecular weight is 526 g/mol. The summed E-state index contributed by atoms with van der Waals surface area (Å²) in [6.45, 7) is 3.78. The maximum Gasteiger partial charge on any atom is 0.338 e. The molecule has 1 saturated heterocycles. The number of hydrogen-bond acceptors (Lipinski definition) is 8. The Balaban J connectivity index is 1.82. The van der Waals surface area contributed by atoms with Gasteiger partial charge in [0.2, 0.25) is 5.91 Å². The number of rotatable bonds is 9. The minimum atomic E-state index is -3.97. The van der Waals surface area contributed by atoms with Gasteiger partial charge in [-0.2, -0.15) is 4.99 Å². The molecule has 192 valence electrons. The number of esters is 1. The SMILES string of the molecule is CCOC(=O)c1ccc2c(c1)sc(=NC(=O)CS(=O)(=O)CC(=O)N1CCCCCC1)n2CCOC. The van der Waals surface area contributed by atoms with Crippen molar-refractivity contribution in [3.8, 4) is 0 Å². The molecule has 0 aliphatic carbocycles. The highest BCUT2D eigenvalue weighted by Crippen LogP contribution is 2.20. The maximum absolute atomic E-state index is 12.6. The van der Waals surface area contributed by atoms with E-state index in [0.29, 0.717) is 36.5 Å². The van der Waals surface area contributed by atoms with E-state index in [9.17, 15) is 22.8 Å². The molecule has 2 aromatic rings. The number of nitrogens with zero attached hydrogens (tertiary/aromatic N) is 3. The Kier molecular flexibility index (Phi) is 9.58. The van der Waals surface area contributed by atoms with E-state index >= 15 is 0 Å². The van der Waals surface area contributed by atoms with Gasteiger partial charge in [-0.3, -0.25) is 9.59 Å². The summed E-state index contributed by atoms with van der Waals surface area (Å²) < 4.78 is 37.8. The van der Waals surface area contributed by atoms with Gasteiger partial charge in [-0.15, -0.1) is 0 Å². The molecule has 35 heavy (non-hydrogen) atoms. The highest BCUT2D eigenvalue weighted by molar-refractivity contribution is 7.92. The molecule has 2 heterocycles. The molecule has 1 aromatic heterocycles. The van der Waals surface area contributed by atoms with Crippen LogP contribution in [0.2, 0.25) is 0 Å². The van der Waals surface area contributed by atoms with Crippen LogP contribution in [0.4, 0.5) is 0 Å². The number of sulfone groups is 1. The number of ether oxygens (including phenoxy) is 2. The fourth-order valence-electron chi connectivity index (χ4n) is 3.88. The minimum absolute atomic E-state index is 0.249. The highest BCUT2D eigenvalue weighted by atomic mass is 32.2. The summed E-state index contributed by atoms with van der Waals surface area (Å²) in [5.41, 5.74) is 1.10. The first-order valence-electron chi connectivity index (χ1n) is 11.6. The van der Waals surface area contributed by atoms with E-state index in [1.54, 1.807) is 41.7 Å². The molecule has 1 aliphatic heterocycles. The number of benzene rings is 1. The van der Waals surface area contributed by atoms with E-state index in [1.807, 2.05) is 0 Å². The second kappa shape index (κ2) is 12.4. The van der Waals surface area contributed by atoms with Gasteiger partial charge in [0, 0.05) is 26.7 Å². The number of carbonyl (C=O) groups is 3. The first-order valence-corrected chi connectivity index (χ1v) is 14.2. The van der Waals surface area contributed by atoms with E-state index in [0.717, 1.165) is 42.5 Å². The van der Waals surface area contributed by atoms with Gasteiger partial charge in [0.25, 0.3) is 5.91 Å². The lowest BCUT2D eigenvalue weighted by Gasteiger charge is -2.19. The van der Waals surface area contributed by atoms with Crippen LogP contribution in [0, 0.1) is 0 Å². The fourth-order valence-corrected chi connectivity index (χ4v) is 6.09. The van der Waals surface area contributed by atoms with Crippen molar-refractivity contribution in [2.75, 3.05) is 44.9 Å². The first-order chi connectivity index (χ1) is 16.7. The van der Waals surface area contributed by atoms with Gasteiger partial charge in [0.15, 0.2) is 14.6 Å². The molecule has 1 aromatic carbocycles. The number of likely N-dealkylation sites (tertiary alicyclic amines) is 1. The molecular formula is C23H31N3O7S2. The third-order valence-corrected chi connectivity index (χ3v) is 7.99. The molecule has 0 saturated carbocycles. The molecule has 3 rings (SSSR count). The molecule has 0 radical (unpaired) electrons. The Morgan fingerprint density at radius 3 is 2.46 bits per heavy atom. The zero-order valence-corrected chi connectivity index (χ0v) is 21.7. The largest absolute Gasteiger partial charge is 0.462 e. The molecule has 0 unspecified atom stereocenters. The third-order valence-electron chi connectivity index (χ3n) is 5.58. The van der Waals surface area contributed by atoms with Crippen molar-refractivity contribution in [3.63, 3.8) is 0 Å². The number of hydrogen-bond donors (Lipinski definition) is 0. The van der Waals surface area contributed by atoms with Crippen molar-refractivity contribution in [1.82, 2.24) is 9.47 Å². The van der Waals surface area contributed by atoms with Gasteiger partial charge < -0.3 is 18.9 Å². The van der Waals surface area contributed by atoms with Crippen LogP contribution in [0.15, 0.2) is 23.2 Å². The second-order valence-corrected chi connectivity index (χ2v) is 11.3. The van der Waals surface area contributed by atoms with Crippen molar-refractivity contribution in [3.05, 3.63) is 28.6 Å². The normalized spacial score (nSPS) is 15.3. The van der Waals surface area contributed by atoms with Crippen LogP contribution in [-0.4, -0.2) is 80.6 Å². The van der Waals surface area contributed by atoms with Crippen LogP contribution < -0.4 is 4.80 Å². The van der Waals surface area contributed by atoms with Crippen molar-refractivity contribution >= 4 is 49.2 Å². The zero-order chi connectivity index (χ0) is 25.4. The summed E-state index contributed by atoms with van der Waals surface area (Å²) in [6.07, 6.45) is 3.75. The number of aromatic nitrogens is 1. The predicted molar refractivity (Wildman–Crippen MR) is 132 cm³/mol. The summed E-state index contributed by atoms with van der Waals surface area (Å²) in [7, 11) is -2.43. The predicted octanol–water partition coefficient (Wildman–Crippen LogP) is 1.77. The standard InChI is InChI=1S/C23H31N3O7S2/c1-3-33-22(29)17-8-9-18-19(14-17)34-23(26(18)12-13-32-2)24-20(27)15-35(30,31)16-21(28)25-10-6-4-5-7-11-25/h8-9,14H,3-7,10-13,15-16H2,1-2H3. The molecule has 12 heteroatoms. The second-order valence-electron chi connectivity index (χ2n) is 8.26. The van der Waals surface area contributed by atoms with Gasteiger partial charge in [-0.1, -0.05) is 24.2 Å². The number of fused-ring (bicyclic) bond motifs is 1. The zero-order valence-electron chi connectivity index (χ0n) is 20.0. The van der Waals surface area contributed by atoms with Crippen LogP contribution in [0.25, 0.3) is 10.2 Å². The molecule has 1 aliphatic rings. The average Bonchev–Trinajstić information content (AvgIpc) is 2.95. The Labute approximate surface area is 208 Å². The Morgan fingerprint density at radius 1 is 1.09 bits per heavy atom. The lowest BCUT2D eigenvalue weighted by atomic mass is 10.2. The molecule has 0 bridgehead atoms. The van der Waals surface area contributed by atoms with E-state index in [4.69, 9.17) is 9.47 Å². The molecule has 1 fully saturated rings. The van der Waals surface area contributed by atoms with Crippen molar-refractivity contribution in [2.45, 2.75) is 39.2 Å². The van der Waals surface area contributed by atoms with Crippen LogP contribution in [0.3, 0.4) is 0 Å². The number of carbonyl (C=O) groups excluding carboxylic acids is 3. The van der Waals surface area contributed by atoms with Crippen LogP contribution in [-0.2, 0) is 35.4 Å². The molecule has 2 amide bonds. The van der Waals surface area contributed by atoms with Crippen molar-refractivity contribution in [1.29, 1.82) is 0 Å². The van der Waals surface area contributed by atoms with E-state index < -0.39 is 39.1 Å². The Bertz CT molecular complexity index is 1240. The van der Waals surface area contributed by atoms with Gasteiger partial charge in [0.1, 0.15) is 11.5 Å². The maximum atomic E-state index is 12.6. The van der Waals surface area contributed by atoms with E-state index in [-0.39, 0.29) is 11.4 Å². The monoisotopic (exact) mass is 525 g/mol. The molecular weight excluding hydrogens is 494 g/mol. The fraction of sp³-hybridized carbons (Fsp3) is 0.565. The Hall–Kier alpha value is -2.57. The lowest BCUT2D eigenvalue weighted by Crippen LogP contribution is -2.37. The molecule has 0 spiro atoms. The molecule has 0 atom stereocenters.